The van der Waals surface area contributed by atoms with Crippen LogP contribution in [0.25, 0.3) is 0 Å². The molecule has 0 saturated heterocycles. The molecule has 0 aromatic carbocycles. The van der Waals surface area contributed by atoms with Crippen LogP contribution in [-0.4, -0.2) is 8.77 Å². The molecule has 0 bridgehead atoms. The first kappa shape index (κ1) is 8.14. The lowest BCUT2D eigenvalue weighted by Gasteiger charge is -1.90. The van der Waals surface area contributed by atoms with Crippen LogP contribution in [0, 0.1) is 11.3 Å². The summed E-state index contributed by atoms with van der Waals surface area (Å²) in [6.45, 7) is 0. The number of nitrogens with zero attached hydrogens (tertiary/aromatic N) is 2. The van der Waals surface area contributed by atoms with Gasteiger partial charge in [-0.2, -0.15) is 5.26 Å². The summed E-state index contributed by atoms with van der Waals surface area (Å²) in [6, 6.07) is 5.02. The van der Waals surface area contributed by atoms with E-state index in [9.17, 15) is 4.79 Å². The number of nitriles is 1. The number of carbonyl (C=O) groups excluding carboxylic acids is 1. The summed E-state index contributed by atoms with van der Waals surface area (Å²) in [5, 5.41) is 8.39. The second-order valence-electron chi connectivity index (χ2n) is 1.82. The topological polar surface area (TPSA) is 53.8 Å². The van der Waals surface area contributed by atoms with Gasteiger partial charge in [0.1, 0.15) is 11.8 Å². The zero-order chi connectivity index (χ0) is 8.27. The smallest absolute Gasteiger partial charge is 0.240 e. The standard InChI is InChI=1S/C7H3IN2O/c8-7(11)6-2-1-5(3-9)4-10-6/h1-2,4H. The Balaban J connectivity index is 3.03. The lowest BCUT2D eigenvalue weighted by Crippen LogP contribution is -1.92. The Hall–Kier alpha value is -0.960. The van der Waals surface area contributed by atoms with Gasteiger partial charge in [-0.3, -0.25) is 9.78 Å². The monoisotopic (exact) mass is 258 g/mol. The first-order valence-corrected chi connectivity index (χ1v) is 3.88. The minimum Gasteiger partial charge on any atom is -0.280 e. The normalized spacial score (nSPS) is 8.73. The van der Waals surface area contributed by atoms with E-state index in [0.717, 1.165) is 0 Å². The first-order valence-electron chi connectivity index (χ1n) is 2.80. The van der Waals surface area contributed by atoms with Gasteiger partial charge >= 0.3 is 0 Å². The molecule has 3 nitrogen and oxygen atoms in total. The van der Waals surface area contributed by atoms with Gasteiger partial charge in [0.2, 0.25) is 3.79 Å². The molecular formula is C7H3IN2O. The molecule has 1 aromatic rings. The maximum atomic E-state index is 10.7. The van der Waals surface area contributed by atoms with Crippen LogP contribution in [0.5, 0.6) is 0 Å². The molecular weight excluding hydrogens is 255 g/mol. The number of carbonyl (C=O) groups is 1. The highest BCUT2D eigenvalue weighted by molar-refractivity contribution is 14.1. The summed E-state index contributed by atoms with van der Waals surface area (Å²) in [5.74, 6) is 0. The molecule has 0 radical (unpaired) electrons. The van der Waals surface area contributed by atoms with Gasteiger partial charge in [0.25, 0.3) is 0 Å². The van der Waals surface area contributed by atoms with E-state index in [4.69, 9.17) is 5.26 Å². The zero-order valence-electron chi connectivity index (χ0n) is 5.41. The fraction of sp³-hybridized carbons (Fsp3) is 0. The van der Waals surface area contributed by atoms with E-state index in [1.807, 2.05) is 6.07 Å². The highest BCUT2D eigenvalue weighted by Crippen LogP contribution is 2.03. The van der Waals surface area contributed by atoms with Crippen molar-refractivity contribution in [3.8, 4) is 6.07 Å². The van der Waals surface area contributed by atoms with Gasteiger partial charge < -0.3 is 0 Å². The van der Waals surface area contributed by atoms with Crippen LogP contribution in [0.4, 0.5) is 0 Å². The summed E-state index contributed by atoms with van der Waals surface area (Å²) in [7, 11) is 0. The molecule has 0 spiro atoms. The van der Waals surface area contributed by atoms with Crippen LogP contribution in [0.1, 0.15) is 16.1 Å². The van der Waals surface area contributed by atoms with E-state index in [-0.39, 0.29) is 3.79 Å². The molecule has 1 rings (SSSR count). The van der Waals surface area contributed by atoms with Crippen LogP contribution in [-0.2, 0) is 0 Å². The van der Waals surface area contributed by atoms with Crippen LogP contribution in [0.2, 0.25) is 0 Å². The number of pyridine rings is 1. The Labute approximate surface area is 77.2 Å². The maximum Gasteiger partial charge on any atom is 0.240 e. The number of hydrogen-bond acceptors (Lipinski definition) is 3. The summed E-state index contributed by atoms with van der Waals surface area (Å²) < 4.78 is -0.118. The van der Waals surface area contributed by atoms with Crippen LogP contribution in [0.15, 0.2) is 18.3 Å². The highest BCUT2D eigenvalue weighted by atomic mass is 127. The van der Waals surface area contributed by atoms with Crippen LogP contribution >= 0.6 is 22.6 Å². The molecule has 4 heteroatoms. The van der Waals surface area contributed by atoms with E-state index >= 15 is 0 Å². The molecule has 0 aliphatic carbocycles. The molecule has 0 unspecified atom stereocenters. The van der Waals surface area contributed by atoms with E-state index in [1.54, 1.807) is 28.7 Å². The van der Waals surface area contributed by atoms with Crippen molar-refractivity contribution in [2.24, 2.45) is 0 Å². The van der Waals surface area contributed by atoms with Gasteiger partial charge in [-0.25, -0.2) is 0 Å². The fourth-order valence-corrected chi connectivity index (χ4v) is 0.895. The third kappa shape index (κ3) is 1.98. The molecule has 0 aliphatic rings. The van der Waals surface area contributed by atoms with Gasteiger partial charge in [-0.1, -0.05) is 0 Å². The van der Waals surface area contributed by atoms with E-state index in [1.165, 1.54) is 12.3 Å². The van der Waals surface area contributed by atoms with E-state index in [0.29, 0.717) is 11.3 Å². The van der Waals surface area contributed by atoms with Crippen molar-refractivity contribution in [2.75, 3.05) is 0 Å². The molecule has 11 heavy (non-hydrogen) atoms. The fourth-order valence-electron chi connectivity index (χ4n) is 0.576. The molecule has 0 atom stereocenters. The Morgan fingerprint density at radius 1 is 1.64 bits per heavy atom. The molecule has 0 saturated carbocycles. The van der Waals surface area contributed by atoms with Gasteiger partial charge in [0.15, 0.2) is 0 Å². The van der Waals surface area contributed by atoms with Crippen molar-refractivity contribution in [3.05, 3.63) is 29.6 Å². The van der Waals surface area contributed by atoms with E-state index < -0.39 is 0 Å². The second kappa shape index (κ2) is 3.44. The Kier molecular flexibility index (Phi) is 2.54. The summed E-state index contributed by atoms with van der Waals surface area (Å²) in [5.41, 5.74) is 0.844. The average Bonchev–Trinajstić information content (AvgIpc) is 2.05. The van der Waals surface area contributed by atoms with Crippen molar-refractivity contribution in [1.82, 2.24) is 4.98 Å². The predicted molar refractivity (Wildman–Crippen MR) is 47.3 cm³/mol. The maximum absolute atomic E-state index is 10.7. The minimum absolute atomic E-state index is 0.118. The predicted octanol–water partition coefficient (Wildman–Crippen LogP) is 1.53. The molecule has 54 valence electrons. The summed E-state index contributed by atoms with van der Waals surface area (Å²) in [6.07, 6.45) is 1.38. The van der Waals surface area contributed by atoms with Crippen molar-refractivity contribution < 1.29 is 4.79 Å². The lowest BCUT2D eigenvalue weighted by molar-refractivity contribution is 0.110. The summed E-state index contributed by atoms with van der Waals surface area (Å²) in [4.78, 5) is 14.5. The summed E-state index contributed by atoms with van der Waals surface area (Å²) >= 11 is 1.65. The molecule has 0 N–H and O–H groups in total. The van der Waals surface area contributed by atoms with Crippen molar-refractivity contribution in [3.63, 3.8) is 0 Å². The minimum atomic E-state index is -0.118. The molecule has 1 heterocycles. The highest BCUT2D eigenvalue weighted by Gasteiger charge is 2.00. The molecule has 1 aromatic heterocycles. The van der Waals surface area contributed by atoms with E-state index in [2.05, 4.69) is 4.98 Å². The Morgan fingerprint density at radius 2 is 2.36 bits per heavy atom. The first-order chi connectivity index (χ1) is 5.24. The largest absolute Gasteiger partial charge is 0.280 e. The number of hydrogen-bond donors (Lipinski definition) is 0. The number of rotatable bonds is 1. The molecule has 0 aliphatic heterocycles. The van der Waals surface area contributed by atoms with Crippen molar-refractivity contribution in [1.29, 1.82) is 5.26 Å². The van der Waals surface area contributed by atoms with Crippen molar-refractivity contribution in [2.45, 2.75) is 0 Å². The third-order valence-corrected chi connectivity index (χ3v) is 1.65. The Bertz CT molecular complexity index is 312. The van der Waals surface area contributed by atoms with Crippen LogP contribution < -0.4 is 0 Å². The molecule has 0 fully saturated rings. The van der Waals surface area contributed by atoms with Gasteiger partial charge in [0.05, 0.1) is 5.56 Å². The average molecular weight is 258 g/mol. The number of halogens is 1. The SMILES string of the molecule is N#Cc1ccc(C(=O)I)nc1. The Morgan fingerprint density at radius 3 is 2.73 bits per heavy atom. The number of aromatic nitrogens is 1. The third-order valence-electron chi connectivity index (χ3n) is 1.09. The van der Waals surface area contributed by atoms with Gasteiger partial charge in [-0.15, -0.1) is 0 Å². The zero-order valence-corrected chi connectivity index (χ0v) is 7.57. The van der Waals surface area contributed by atoms with Crippen LogP contribution in [0.3, 0.4) is 0 Å². The lowest BCUT2D eigenvalue weighted by atomic mass is 10.3. The quantitative estimate of drug-likeness (QED) is 0.567. The molecule has 0 amide bonds. The van der Waals surface area contributed by atoms with Crippen molar-refractivity contribution >= 4 is 26.4 Å². The second-order valence-corrected chi connectivity index (χ2v) is 2.80. The van der Waals surface area contributed by atoms with Gasteiger partial charge in [-0.05, 0) is 12.1 Å². The van der Waals surface area contributed by atoms with Gasteiger partial charge in [0, 0.05) is 28.8 Å².